The number of aliphatic carboxylic acids is 1. The average Bonchev–Trinajstić information content (AvgIpc) is 2.73. The molecule has 0 unspecified atom stereocenters. The van der Waals surface area contributed by atoms with E-state index in [1.807, 2.05) is 12.1 Å². The Kier molecular flexibility index (Phi) is 5.99. The Hall–Kier alpha value is -0.880. The van der Waals surface area contributed by atoms with E-state index in [1.54, 1.807) is 39.0 Å². The van der Waals surface area contributed by atoms with Gasteiger partial charge in [0.2, 0.25) is 5.91 Å². The van der Waals surface area contributed by atoms with Gasteiger partial charge in [-0.2, -0.15) is 0 Å². The van der Waals surface area contributed by atoms with Crippen LogP contribution in [0.1, 0.15) is 45.4 Å². The van der Waals surface area contributed by atoms with Crippen LogP contribution in [0.4, 0.5) is 0 Å². The van der Waals surface area contributed by atoms with Crippen LogP contribution in [0.5, 0.6) is 0 Å². The number of nitrogens with one attached hydrogen (secondary N) is 1. The molecule has 6 heteroatoms. The van der Waals surface area contributed by atoms with Crippen LogP contribution in [0, 0.1) is 5.41 Å². The van der Waals surface area contributed by atoms with Crippen LogP contribution in [0.2, 0.25) is 0 Å². The van der Waals surface area contributed by atoms with Crippen LogP contribution >= 0.6 is 27.3 Å². The van der Waals surface area contributed by atoms with E-state index in [-0.39, 0.29) is 5.91 Å². The average molecular weight is 376 g/mol. The summed E-state index contributed by atoms with van der Waals surface area (Å²) in [6, 6.07) is 4.04. The summed E-state index contributed by atoms with van der Waals surface area (Å²) in [6.45, 7) is 6.74. The Balaban J connectivity index is 2.48. The molecule has 0 bridgehead atoms. The number of rotatable bonds is 7. The minimum absolute atomic E-state index is 0.107. The molecule has 1 rings (SSSR count). The number of carboxylic acid groups (broad SMARTS) is 1. The molecule has 0 fully saturated rings. The van der Waals surface area contributed by atoms with Crippen molar-refractivity contribution in [3.05, 3.63) is 20.8 Å². The number of amides is 1. The van der Waals surface area contributed by atoms with Gasteiger partial charge in [0.05, 0.1) is 9.20 Å². The van der Waals surface area contributed by atoms with Crippen LogP contribution in [0.25, 0.3) is 0 Å². The van der Waals surface area contributed by atoms with E-state index in [4.69, 9.17) is 0 Å². The summed E-state index contributed by atoms with van der Waals surface area (Å²) in [6.07, 6.45) is 2.00. The molecule has 0 saturated carbocycles. The molecule has 118 valence electrons. The van der Waals surface area contributed by atoms with E-state index in [0.717, 1.165) is 16.6 Å². The Bertz CT molecular complexity index is 523. The first kappa shape index (κ1) is 18.2. The summed E-state index contributed by atoms with van der Waals surface area (Å²) in [7, 11) is 0. The van der Waals surface area contributed by atoms with Crippen molar-refractivity contribution < 1.29 is 14.7 Å². The summed E-state index contributed by atoms with van der Waals surface area (Å²) < 4.78 is 1.09. The maximum Gasteiger partial charge on any atom is 0.311 e. The van der Waals surface area contributed by atoms with E-state index in [2.05, 4.69) is 21.2 Å². The van der Waals surface area contributed by atoms with Gasteiger partial charge in [-0.15, -0.1) is 11.3 Å². The van der Waals surface area contributed by atoms with Crippen LogP contribution in [-0.2, 0) is 16.0 Å². The highest BCUT2D eigenvalue weighted by molar-refractivity contribution is 9.11. The van der Waals surface area contributed by atoms with Crippen molar-refractivity contribution in [3.63, 3.8) is 0 Å². The molecule has 0 aliphatic heterocycles. The number of carboxylic acids is 1. The van der Waals surface area contributed by atoms with Crippen LogP contribution in [-0.4, -0.2) is 22.5 Å². The van der Waals surface area contributed by atoms with Gasteiger partial charge in [0.25, 0.3) is 0 Å². The zero-order valence-electron chi connectivity index (χ0n) is 12.8. The van der Waals surface area contributed by atoms with Gasteiger partial charge in [0, 0.05) is 16.8 Å². The second-order valence-electron chi connectivity index (χ2n) is 6.16. The fraction of sp³-hybridized carbons (Fsp3) is 0.600. The second-order valence-corrected chi connectivity index (χ2v) is 8.71. The van der Waals surface area contributed by atoms with Gasteiger partial charge in [-0.25, -0.2) is 0 Å². The first-order valence-electron chi connectivity index (χ1n) is 6.85. The third-order valence-corrected chi connectivity index (χ3v) is 5.69. The third kappa shape index (κ3) is 4.81. The Labute approximate surface area is 138 Å². The lowest BCUT2D eigenvalue weighted by Gasteiger charge is -2.38. The number of hydrogen-bond donors (Lipinski definition) is 2. The number of aryl methyl sites for hydroxylation is 1. The topological polar surface area (TPSA) is 66.4 Å². The van der Waals surface area contributed by atoms with Crippen LogP contribution in [0.3, 0.4) is 0 Å². The molecule has 1 aromatic rings. The van der Waals surface area contributed by atoms with Crippen molar-refractivity contribution in [2.24, 2.45) is 5.41 Å². The van der Waals surface area contributed by atoms with E-state index in [1.165, 1.54) is 4.88 Å². The molecule has 4 nitrogen and oxygen atoms in total. The third-order valence-electron chi connectivity index (χ3n) is 4.00. The molecular weight excluding hydrogens is 354 g/mol. The van der Waals surface area contributed by atoms with Gasteiger partial charge < -0.3 is 10.4 Å². The number of carbonyl (C=O) groups is 2. The molecule has 0 aromatic carbocycles. The van der Waals surface area contributed by atoms with Gasteiger partial charge in [-0.1, -0.05) is 0 Å². The SMILES string of the molecule is CC(C)(NC(=O)CCCc1ccc(Br)s1)C(C)(C)C(=O)O. The molecule has 0 aliphatic rings. The molecule has 21 heavy (non-hydrogen) atoms. The number of halogens is 1. The lowest BCUT2D eigenvalue weighted by atomic mass is 9.74. The second kappa shape index (κ2) is 6.92. The normalized spacial score (nSPS) is 12.2. The summed E-state index contributed by atoms with van der Waals surface area (Å²) in [4.78, 5) is 24.5. The van der Waals surface area contributed by atoms with Crippen molar-refractivity contribution in [1.29, 1.82) is 0 Å². The van der Waals surface area contributed by atoms with E-state index < -0.39 is 16.9 Å². The highest BCUT2D eigenvalue weighted by atomic mass is 79.9. The van der Waals surface area contributed by atoms with Gasteiger partial charge in [-0.3, -0.25) is 9.59 Å². The van der Waals surface area contributed by atoms with Crippen LogP contribution < -0.4 is 5.32 Å². The maximum atomic E-state index is 12.0. The molecule has 0 aliphatic carbocycles. The molecule has 0 radical (unpaired) electrons. The summed E-state index contributed by atoms with van der Waals surface area (Å²) >= 11 is 5.08. The smallest absolute Gasteiger partial charge is 0.311 e. The Morgan fingerprint density at radius 3 is 2.38 bits per heavy atom. The molecule has 0 atom stereocenters. The van der Waals surface area contributed by atoms with E-state index >= 15 is 0 Å². The highest BCUT2D eigenvalue weighted by Gasteiger charge is 2.44. The predicted octanol–water partition coefficient (Wildman–Crippen LogP) is 3.84. The highest BCUT2D eigenvalue weighted by Crippen LogP contribution is 2.31. The quantitative estimate of drug-likeness (QED) is 0.760. The standard InChI is InChI=1S/C15H22BrNO3S/c1-14(2,13(19)20)15(3,4)17-12(18)7-5-6-10-8-9-11(16)21-10/h8-9H,5-7H2,1-4H3,(H,17,18)(H,19,20). The van der Waals surface area contributed by atoms with Gasteiger partial charge in [0.1, 0.15) is 0 Å². The summed E-state index contributed by atoms with van der Waals surface area (Å²) in [5, 5.41) is 12.1. The van der Waals surface area contributed by atoms with Crippen molar-refractivity contribution in [2.75, 3.05) is 0 Å². The molecule has 0 spiro atoms. The molecule has 1 heterocycles. The lowest BCUT2D eigenvalue weighted by Crippen LogP contribution is -2.56. The van der Waals surface area contributed by atoms with Crippen molar-refractivity contribution in [3.8, 4) is 0 Å². The molecule has 1 aromatic heterocycles. The zero-order valence-corrected chi connectivity index (χ0v) is 15.2. The molecule has 2 N–H and O–H groups in total. The first-order valence-corrected chi connectivity index (χ1v) is 8.46. The summed E-state index contributed by atoms with van der Waals surface area (Å²) in [5.41, 5.74) is -1.83. The predicted molar refractivity (Wildman–Crippen MR) is 88.6 cm³/mol. The molecular formula is C15H22BrNO3S. The van der Waals surface area contributed by atoms with Gasteiger partial charge in [-0.05, 0) is 68.6 Å². The zero-order chi connectivity index (χ0) is 16.3. The molecule has 0 saturated heterocycles. The maximum absolute atomic E-state index is 12.0. The number of hydrogen-bond acceptors (Lipinski definition) is 3. The monoisotopic (exact) mass is 375 g/mol. The fourth-order valence-corrected chi connectivity index (χ4v) is 3.27. The van der Waals surface area contributed by atoms with Crippen molar-refractivity contribution in [2.45, 2.75) is 52.5 Å². The van der Waals surface area contributed by atoms with Gasteiger partial charge >= 0.3 is 5.97 Å². The number of carbonyl (C=O) groups excluding carboxylic acids is 1. The molecule has 1 amide bonds. The number of thiophene rings is 1. The minimum atomic E-state index is -1.03. The largest absolute Gasteiger partial charge is 0.481 e. The first-order chi connectivity index (χ1) is 9.56. The Morgan fingerprint density at radius 2 is 1.90 bits per heavy atom. The van der Waals surface area contributed by atoms with Crippen molar-refractivity contribution >= 4 is 39.1 Å². The van der Waals surface area contributed by atoms with Gasteiger partial charge in [0.15, 0.2) is 0 Å². The Morgan fingerprint density at radius 1 is 1.29 bits per heavy atom. The van der Waals surface area contributed by atoms with Crippen LogP contribution in [0.15, 0.2) is 15.9 Å². The van der Waals surface area contributed by atoms with E-state index in [9.17, 15) is 14.7 Å². The summed E-state index contributed by atoms with van der Waals surface area (Å²) in [5.74, 6) is -1.03. The minimum Gasteiger partial charge on any atom is -0.481 e. The lowest BCUT2D eigenvalue weighted by molar-refractivity contribution is -0.151. The van der Waals surface area contributed by atoms with Crippen molar-refractivity contribution in [1.82, 2.24) is 5.32 Å². The van der Waals surface area contributed by atoms with E-state index in [0.29, 0.717) is 6.42 Å². The fourth-order valence-electron chi connectivity index (χ4n) is 1.74.